The van der Waals surface area contributed by atoms with Crippen molar-refractivity contribution in [2.75, 3.05) is 18.4 Å². The van der Waals surface area contributed by atoms with Gasteiger partial charge in [0.1, 0.15) is 0 Å². The Kier molecular flexibility index (Phi) is 7.11. The van der Waals surface area contributed by atoms with Crippen LogP contribution in [-0.2, 0) is 0 Å². The van der Waals surface area contributed by atoms with E-state index in [0.29, 0.717) is 0 Å². The van der Waals surface area contributed by atoms with E-state index in [1.54, 1.807) is 0 Å². The minimum Gasteiger partial charge on any atom is -0.338 e. The molecule has 0 atom stereocenters. The number of carbonyl (C=O) groups excluding carboxylic acids is 1. The lowest BCUT2D eigenvalue weighted by molar-refractivity contribution is 0.0764. The van der Waals surface area contributed by atoms with Crippen LogP contribution in [0.25, 0.3) is 0 Å². The molecule has 1 aromatic carbocycles. The molecule has 0 bridgehead atoms. The highest BCUT2D eigenvalue weighted by molar-refractivity contribution is 14.1. The molecule has 0 fully saturated rings. The minimum atomic E-state index is 0.134. The molecular formula is C13H17BrINO. The van der Waals surface area contributed by atoms with Crippen LogP contribution in [0.15, 0.2) is 24.3 Å². The number of hydrogen-bond donors (Lipinski definition) is 0. The van der Waals surface area contributed by atoms with E-state index in [1.165, 1.54) is 0 Å². The van der Waals surface area contributed by atoms with Gasteiger partial charge in [0.15, 0.2) is 0 Å². The summed E-state index contributed by atoms with van der Waals surface area (Å²) >= 11 is 5.64. The second-order valence-corrected chi connectivity index (χ2v) is 5.88. The molecule has 0 aliphatic rings. The summed E-state index contributed by atoms with van der Waals surface area (Å²) < 4.78 is 1.15. The normalized spacial score (nSPS) is 10.3. The lowest BCUT2D eigenvalue weighted by atomic mass is 10.2. The molecule has 0 aromatic heterocycles. The average Bonchev–Trinajstić information content (AvgIpc) is 2.34. The zero-order valence-corrected chi connectivity index (χ0v) is 13.7. The number of hydrogen-bond acceptors (Lipinski definition) is 1. The first-order chi connectivity index (χ1) is 8.19. The predicted octanol–water partition coefficient (Wildman–Crippen LogP) is 3.93. The van der Waals surface area contributed by atoms with Gasteiger partial charge in [-0.3, -0.25) is 4.79 Å². The highest BCUT2D eigenvalue weighted by atomic mass is 127. The number of halogens is 2. The summed E-state index contributed by atoms with van der Waals surface area (Å²) in [6.45, 7) is 3.75. The lowest BCUT2D eigenvalue weighted by Crippen LogP contribution is -2.33. The van der Waals surface area contributed by atoms with Gasteiger partial charge in [0.25, 0.3) is 5.91 Å². The zero-order chi connectivity index (χ0) is 12.7. The summed E-state index contributed by atoms with van der Waals surface area (Å²) in [5.74, 6) is 0.134. The molecule has 0 radical (unpaired) electrons. The SMILES string of the molecule is CCCCN(CCBr)C(=O)c1ccc(I)cc1. The van der Waals surface area contributed by atoms with Crippen molar-refractivity contribution in [3.63, 3.8) is 0 Å². The molecule has 4 heteroatoms. The fourth-order valence-corrected chi connectivity index (χ4v) is 2.33. The van der Waals surface area contributed by atoms with Crippen molar-refractivity contribution in [1.82, 2.24) is 4.90 Å². The first-order valence-corrected chi connectivity index (χ1v) is 8.00. The molecule has 0 saturated heterocycles. The van der Waals surface area contributed by atoms with Crippen LogP contribution in [0.3, 0.4) is 0 Å². The summed E-state index contributed by atoms with van der Waals surface area (Å²) in [5.41, 5.74) is 0.780. The van der Waals surface area contributed by atoms with Crippen molar-refractivity contribution in [3.05, 3.63) is 33.4 Å². The summed E-state index contributed by atoms with van der Waals surface area (Å²) in [4.78, 5) is 14.2. The maximum Gasteiger partial charge on any atom is 0.253 e. The molecule has 17 heavy (non-hydrogen) atoms. The third-order valence-corrected chi connectivity index (χ3v) is 3.59. The number of alkyl halides is 1. The van der Waals surface area contributed by atoms with Gasteiger partial charge in [-0.2, -0.15) is 0 Å². The Morgan fingerprint density at radius 2 is 1.94 bits per heavy atom. The largest absolute Gasteiger partial charge is 0.338 e. The van der Waals surface area contributed by atoms with E-state index in [1.807, 2.05) is 29.2 Å². The fourth-order valence-electron chi connectivity index (χ4n) is 1.54. The van der Waals surface area contributed by atoms with Gasteiger partial charge in [-0.25, -0.2) is 0 Å². The van der Waals surface area contributed by atoms with Gasteiger partial charge in [-0.15, -0.1) is 0 Å². The minimum absolute atomic E-state index is 0.134. The van der Waals surface area contributed by atoms with E-state index in [4.69, 9.17) is 0 Å². The Labute approximate surface area is 125 Å². The summed E-state index contributed by atoms with van der Waals surface area (Å²) in [6.07, 6.45) is 2.17. The Bertz CT molecular complexity index is 353. The van der Waals surface area contributed by atoms with Crippen molar-refractivity contribution in [1.29, 1.82) is 0 Å². The van der Waals surface area contributed by atoms with Gasteiger partial charge in [-0.05, 0) is 53.3 Å². The quantitative estimate of drug-likeness (QED) is 0.515. The van der Waals surface area contributed by atoms with Crippen molar-refractivity contribution in [3.8, 4) is 0 Å². The van der Waals surface area contributed by atoms with Crippen LogP contribution in [-0.4, -0.2) is 29.2 Å². The van der Waals surface area contributed by atoms with Gasteiger partial charge in [0.2, 0.25) is 0 Å². The fraction of sp³-hybridized carbons (Fsp3) is 0.462. The van der Waals surface area contributed by atoms with Gasteiger partial charge < -0.3 is 4.90 Å². The Balaban J connectivity index is 2.72. The standard InChI is InChI=1S/C13H17BrINO/c1-2-3-9-16(10-8-14)13(17)11-4-6-12(15)7-5-11/h4-7H,2-3,8-10H2,1H3. The monoisotopic (exact) mass is 409 g/mol. The molecule has 0 aliphatic carbocycles. The van der Waals surface area contributed by atoms with Gasteiger partial charge in [0.05, 0.1) is 0 Å². The van der Waals surface area contributed by atoms with E-state index in [9.17, 15) is 4.79 Å². The van der Waals surface area contributed by atoms with Crippen molar-refractivity contribution < 1.29 is 4.79 Å². The smallest absolute Gasteiger partial charge is 0.253 e. The summed E-state index contributed by atoms with van der Waals surface area (Å²) in [7, 11) is 0. The van der Waals surface area contributed by atoms with Crippen molar-refractivity contribution in [2.24, 2.45) is 0 Å². The molecule has 0 spiro atoms. The number of unbranched alkanes of at least 4 members (excludes halogenated alkanes) is 1. The maximum atomic E-state index is 12.3. The first-order valence-electron chi connectivity index (χ1n) is 5.79. The molecule has 2 nitrogen and oxygen atoms in total. The van der Waals surface area contributed by atoms with Crippen LogP contribution in [0, 0.1) is 3.57 Å². The molecule has 1 amide bonds. The van der Waals surface area contributed by atoms with E-state index >= 15 is 0 Å². The van der Waals surface area contributed by atoms with Crippen molar-refractivity contribution in [2.45, 2.75) is 19.8 Å². The summed E-state index contributed by atoms with van der Waals surface area (Å²) in [5, 5.41) is 0.826. The molecular weight excluding hydrogens is 393 g/mol. The molecule has 94 valence electrons. The second kappa shape index (κ2) is 8.08. The van der Waals surface area contributed by atoms with Crippen LogP contribution in [0.1, 0.15) is 30.1 Å². The first kappa shape index (κ1) is 15.0. The van der Waals surface area contributed by atoms with Crippen LogP contribution < -0.4 is 0 Å². The van der Waals surface area contributed by atoms with Crippen LogP contribution in [0.4, 0.5) is 0 Å². The van der Waals surface area contributed by atoms with Gasteiger partial charge >= 0.3 is 0 Å². The topological polar surface area (TPSA) is 20.3 Å². The lowest BCUT2D eigenvalue weighted by Gasteiger charge is -2.21. The van der Waals surface area contributed by atoms with Crippen LogP contribution >= 0.6 is 38.5 Å². The Hall–Kier alpha value is -0.100. The highest BCUT2D eigenvalue weighted by Gasteiger charge is 2.14. The Morgan fingerprint density at radius 1 is 1.29 bits per heavy atom. The molecule has 0 N–H and O–H groups in total. The number of nitrogens with zero attached hydrogens (tertiary/aromatic N) is 1. The van der Waals surface area contributed by atoms with E-state index in [-0.39, 0.29) is 5.91 Å². The van der Waals surface area contributed by atoms with Crippen LogP contribution in [0.2, 0.25) is 0 Å². The third kappa shape index (κ3) is 4.95. The van der Waals surface area contributed by atoms with E-state index in [0.717, 1.165) is 40.4 Å². The van der Waals surface area contributed by atoms with Crippen LogP contribution in [0.5, 0.6) is 0 Å². The second-order valence-electron chi connectivity index (χ2n) is 3.84. The maximum absolute atomic E-state index is 12.3. The molecule has 0 saturated carbocycles. The average molecular weight is 410 g/mol. The predicted molar refractivity (Wildman–Crippen MR) is 83.8 cm³/mol. The molecule has 0 unspecified atom stereocenters. The Morgan fingerprint density at radius 3 is 2.47 bits per heavy atom. The molecule has 1 rings (SSSR count). The number of rotatable bonds is 6. The molecule has 0 heterocycles. The number of carbonyl (C=O) groups is 1. The molecule has 1 aromatic rings. The molecule has 0 aliphatic heterocycles. The van der Waals surface area contributed by atoms with Crippen molar-refractivity contribution >= 4 is 44.4 Å². The van der Waals surface area contributed by atoms with E-state index < -0.39 is 0 Å². The van der Waals surface area contributed by atoms with E-state index in [2.05, 4.69) is 45.4 Å². The highest BCUT2D eigenvalue weighted by Crippen LogP contribution is 2.10. The van der Waals surface area contributed by atoms with Gasteiger partial charge in [0, 0.05) is 27.6 Å². The number of benzene rings is 1. The summed E-state index contributed by atoms with van der Waals surface area (Å²) in [6, 6.07) is 7.74. The third-order valence-electron chi connectivity index (χ3n) is 2.51. The van der Waals surface area contributed by atoms with Gasteiger partial charge in [-0.1, -0.05) is 29.3 Å². The number of amides is 1. The zero-order valence-electron chi connectivity index (χ0n) is 9.96.